The summed E-state index contributed by atoms with van der Waals surface area (Å²) in [7, 11) is 0. The van der Waals surface area contributed by atoms with Gasteiger partial charge in [0, 0.05) is 0 Å². The van der Waals surface area contributed by atoms with Gasteiger partial charge in [0.05, 0.1) is 0 Å². The molecule has 0 aromatic carbocycles. The van der Waals surface area contributed by atoms with Crippen LogP contribution in [0.15, 0.2) is 0 Å². The van der Waals surface area contributed by atoms with E-state index in [1.54, 1.807) is 0 Å². The van der Waals surface area contributed by atoms with Gasteiger partial charge >= 0.3 is 49.9 Å². The standard InChI is InChI=1S/C6H16N2.2HI.Pt/c7-5-3-1-2-4-6-8;;;/h1-8H2;2*1H;/q;;;+2/p-2. The van der Waals surface area contributed by atoms with Crippen molar-refractivity contribution in [3.8, 4) is 0 Å². The van der Waals surface area contributed by atoms with Gasteiger partial charge in [0.15, 0.2) is 0 Å². The fraction of sp³-hybridized carbons (Fsp3) is 1.00. The summed E-state index contributed by atoms with van der Waals surface area (Å²) < 4.78 is 0. The van der Waals surface area contributed by atoms with Crippen molar-refractivity contribution in [2.24, 2.45) is 11.5 Å². The molecule has 0 aliphatic rings. The Morgan fingerprint density at radius 2 is 1.09 bits per heavy atom. The fourth-order valence-electron chi connectivity index (χ4n) is 0.642. The molecule has 0 heterocycles. The van der Waals surface area contributed by atoms with Crippen LogP contribution in [-0.4, -0.2) is 13.1 Å². The van der Waals surface area contributed by atoms with Gasteiger partial charge in [-0.1, -0.05) is 12.8 Å². The molecule has 0 aliphatic carbocycles. The number of hydrogen-bond donors (Lipinski definition) is 2. The van der Waals surface area contributed by atoms with Crippen molar-refractivity contribution < 1.29 is 11.2 Å². The summed E-state index contributed by atoms with van der Waals surface area (Å²) in [5.41, 5.74) is 10.6. The molecule has 4 N–H and O–H groups in total. The molecule has 0 aromatic rings. The van der Waals surface area contributed by atoms with Crippen LogP contribution in [0.4, 0.5) is 0 Å². The van der Waals surface area contributed by atoms with Crippen LogP contribution in [0.25, 0.3) is 0 Å². The molecule has 5 heteroatoms. The van der Waals surface area contributed by atoms with E-state index in [2.05, 4.69) is 38.7 Å². The maximum atomic E-state index is 5.28. The molecule has 74 valence electrons. The van der Waals surface area contributed by atoms with Gasteiger partial charge in [-0.2, -0.15) is 0 Å². The van der Waals surface area contributed by atoms with Crippen LogP contribution in [0.1, 0.15) is 25.7 Å². The summed E-state index contributed by atoms with van der Waals surface area (Å²) in [5.74, 6) is 0. The molecule has 0 rings (SSSR count). The van der Waals surface area contributed by atoms with Crippen molar-refractivity contribution in [3.63, 3.8) is 0 Å². The Morgan fingerprint density at radius 1 is 0.818 bits per heavy atom. The topological polar surface area (TPSA) is 52.0 Å². The molecule has 0 atom stereocenters. The van der Waals surface area contributed by atoms with Crippen LogP contribution in [0, 0.1) is 0 Å². The first-order valence-electron chi connectivity index (χ1n) is 3.56. The Bertz CT molecular complexity index is 51.8. The average molecular weight is 565 g/mol. The third-order valence-electron chi connectivity index (χ3n) is 1.16. The van der Waals surface area contributed by atoms with E-state index >= 15 is 0 Å². The molecular weight excluding hydrogens is 549 g/mol. The number of rotatable bonds is 5. The maximum absolute atomic E-state index is 5.28. The van der Waals surface area contributed by atoms with Gasteiger partial charge in [-0.25, -0.2) is 0 Å². The van der Waals surface area contributed by atoms with E-state index in [9.17, 15) is 0 Å². The van der Waals surface area contributed by atoms with Crippen molar-refractivity contribution >= 4 is 38.7 Å². The van der Waals surface area contributed by atoms with Crippen LogP contribution in [0.5, 0.6) is 0 Å². The van der Waals surface area contributed by atoms with Gasteiger partial charge in [-0.15, -0.1) is 0 Å². The molecule has 0 amide bonds. The first-order chi connectivity index (χ1) is 5.33. The van der Waals surface area contributed by atoms with E-state index in [4.69, 9.17) is 11.5 Å². The number of hydrogen-bond acceptors (Lipinski definition) is 2. The second-order valence-electron chi connectivity index (χ2n) is 2.04. The summed E-state index contributed by atoms with van der Waals surface area (Å²) in [6, 6.07) is 0. The molecule has 0 aliphatic heterocycles. The molecular formula is C6H16I2N2Pt. The molecule has 0 bridgehead atoms. The van der Waals surface area contributed by atoms with Crippen LogP contribution < -0.4 is 11.5 Å². The zero-order valence-corrected chi connectivity index (χ0v) is 13.1. The molecule has 0 radical (unpaired) electrons. The van der Waals surface area contributed by atoms with Crippen molar-refractivity contribution in [1.29, 1.82) is 0 Å². The molecule has 11 heavy (non-hydrogen) atoms. The quantitative estimate of drug-likeness (QED) is 0.398. The zero-order valence-electron chi connectivity index (χ0n) is 6.47. The zero-order chi connectivity index (χ0) is 8.95. The summed E-state index contributed by atoms with van der Waals surface area (Å²) in [6.45, 7) is 1.65. The molecule has 0 fully saturated rings. The molecule has 0 spiro atoms. The van der Waals surface area contributed by atoms with E-state index in [1.807, 2.05) is 0 Å². The van der Waals surface area contributed by atoms with E-state index in [0.29, 0.717) is 11.2 Å². The third-order valence-corrected chi connectivity index (χ3v) is 1.16. The first kappa shape index (κ1) is 15.5. The predicted octanol–water partition coefficient (Wildman–Crippen LogP) is 2.23. The fourth-order valence-corrected chi connectivity index (χ4v) is 0.642. The van der Waals surface area contributed by atoms with Crippen molar-refractivity contribution in [2.75, 3.05) is 13.1 Å². The summed E-state index contributed by atoms with van der Waals surface area (Å²) in [6.07, 6.45) is 4.79. The molecule has 0 unspecified atom stereocenters. The van der Waals surface area contributed by atoms with Crippen LogP contribution >= 0.6 is 38.7 Å². The average Bonchev–Trinajstić information content (AvgIpc) is 2.00. The molecule has 0 aromatic heterocycles. The first-order valence-corrected chi connectivity index (χ1v) is 16.4. The van der Waals surface area contributed by atoms with Gasteiger partial charge in [-0.3, -0.25) is 0 Å². The number of halogens is 2. The molecule has 0 saturated carbocycles. The second kappa shape index (κ2) is 18.0. The van der Waals surface area contributed by atoms with E-state index in [0.717, 1.165) is 25.9 Å². The summed E-state index contributed by atoms with van der Waals surface area (Å²) >= 11 is 5.30. The monoisotopic (exact) mass is 565 g/mol. The van der Waals surface area contributed by atoms with E-state index in [1.165, 1.54) is 12.8 Å². The van der Waals surface area contributed by atoms with E-state index < -0.39 is 0 Å². The van der Waals surface area contributed by atoms with Gasteiger partial charge in [-0.05, 0) is 25.9 Å². The Kier molecular flexibility index (Phi) is 25.4. The number of nitrogens with two attached hydrogens (primary N) is 2. The SMILES string of the molecule is NCCCCCCN.[I][Pt][I]. The second-order valence-corrected chi connectivity index (χ2v) is 18.6. The van der Waals surface area contributed by atoms with Crippen LogP contribution in [-0.2, 0) is 11.2 Å². The summed E-state index contributed by atoms with van der Waals surface area (Å²) in [5, 5.41) is 0. The van der Waals surface area contributed by atoms with Gasteiger partial charge in [0.1, 0.15) is 0 Å². The van der Waals surface area contributed by atoms with Gasteiger partial charge in [0.2, 0.25) is 0 Å². The third kappa shape index (κ3) is 24.5. The van der Waals surface area contributed by atoms with Crippen molar-refractivity contribution in [1.82, 2.24) is 0 Å². The molecule has 2 nitrogen and oxygen atoms in total. The predicted molar refractivity (Wildman–Crippen MR) is 64.6 cm³/mol. The van der Waals surface area contributed by atoms with E-state index in [-0.39, 0.29) is 0 Å². The van der Waals surface area contributed by atoms with Gasteiger partial charge < -0.3 is 11.5 Å². The Morgan fingerprint density at radius 3 is 1.27 bits per heavy atom. The minimum atomic E-state index is 0.523. The number of unbranched alkanes of at least 4 members (excludes halogenated alkanes) is 3. The minimum absolute atomic E-state index is 0.523. The van der Waals surface area contributed by atoms with Gasteiger partial charge in [0.25, 0.3) is 0 Å². The summed E-state index contributed by atoms with van der Waals surface area (Å²) in [4.78, 5) is 0. The Hall–Kier alpha value is 2.07. The van der Waals surface area contributed by atoms with Crippen molar-refractivity contribution in [2.45, 2.75) is 25.7 Å². The Labute approximate surface area is 98.8 Å². The normalized spacial score (nSPS) is 9.09. The van der Waals surface area contributed by atoms with Crippen LogP contribution in [0.2, 0.25) is 0 Å². The van der Waals surface area contributed by atoms with Crippen molar-refractivity contribution in [3.05, 3.63) is 0 Å². The molecule has 0 saturated heterocycles. The Balaban J connectivity index is 0. The van der Waals surface area contributed by atoms with Crippen LogP contribution in [0.3, 0.4) is 0 Å².